The van der Waals surface area contributed by atoms with Crippen LogP contribution in [0.4, 0.5) is 17.1 Å². The van der Waals surface area contributed by atoms with Crippen molar-refractivity contribution in [1.29, 1.82) is 0 Å². The molecule has 0 saturated carbocycles. The average molecular weight is 358 g/mol. The average Bonchev–Trinajstić information content (AvgIpc) is 2.98. The summed E-state index contributed by atoms with van der Waals surface area (Å²) in [6.45, 7) is 0. The van der Waals surface area contributed by atoms with Crippen molar-refractivity contribution in [3.63, 3.8) is 0 Å². The van der Waals surface area contributed by atoms with E-state index in [2.05, 4.69) is 10.2 Å². The van der Waals surface area contributed by atoms with Gasteiger partial charge in [0.05, 0.1) is 16.1 Å². The minimum atomic E-state index is -0.472. The van der Waals surface area contributed by atoms with Crippen molar-refractivity contribution in [1.82, 2.24) is 4.57 Å². The molecule has 0 fully saturated rings. The van der Waals surface area contributed by atoms with Crippen molar-refractivity contribution in [3.8, 4) is 11.6 Å². The first-order chi connectivity index (χ1) is 13.1. The maximum atomic E-state index is 10.8. The Hall–Kier alpha value is -4.00. The number of azo groups is 1. The van der Waals surface area contributed by atoms with Gasteiger partial charge in [0.25, 0.3) is 5.69 Å². The molecule has 0 aliphatic heterocycles. The molecule has 1 aromatic heterocycles. The summed E-state index contributed by atoms with van der Waals surface area (Å²) < 4.78 is 1.71. The fourth-order valence-corrected chi connectivity index (χ4v) is 2.90. The second kappa shape index (κ2) is 6.72. The number of nitrogens with zero attached hydrogens (tertiary/aromatic N) is 4. The zero-order valence-electron chi connectivity index (χ0n) is 14.1. The van der Waals surface area contributed by atoms with Gasteiger partial charge in [-0.15, -0.1) is 5.11 Å². The van der Waals surface area contributed by atoms with Crippen LogP contribution in [-0.2, 0) is 0 Å². The van der Waals surface area contributed by atoms with Gasteiger partial charge in [-0.2, -0.15) is 5.11 Å². The minimum Gasteiger partial charge on any atom is -0.493 e. The first-order valence-corrected chi connectivity index (χ1v) is 8.19. The van der Waals surface area contributed by atoms with E-state index in [9.17, 15) is 15.2 Å². The Bertz CT molecular complexity index is 1150. The Morgan fingerprint density at radius 2 is 1.52 bits per heavy atom. The zero-order chi connectivity index (χ0) is 18.8. The second-order valence-electron chi connectivity index (χ2n) is 5.83. The summed E-state index contributed by atoms with van der Waals surface area (Å²) in [5.41, 5.74) is 2.39. The fourth-order valence-electron chi connectivity index (χ4n) is 2.90. The van der Waals surface area contributed by atoms with E-state index < -0.39 is 4.92 Å². The summed E-state index contributed by atoms with van der Waals surface area (Å²) in [6, 6.07) is 22.7. The van der Waals surface area contributed by atoms with Gasteiger partial charge in [-0.05, 0) is 30.3 Å². The number of aromatic hydroxyl groups is 1. The maximum absolute atomic E-state index is 10.8. The van der Waals surface area contributed by atoms with Gasteiger partial charge in [-0.25, -0.2) is 0 Å². The Balaban J connectivity index is 1.80. The lowest BCUT2D eigenvalue weighted by Crippen LogP contribution is -1.91. The van der Waals surface area contributed by atoms with Gasteiger partial charge >= 0.3 is 0 Å². The molecule has 0 aliphatic carbocycles. The Labute approximate surface area is 154 Å². The molecule has 0 saturated heterocycles. The molecule has 7 heteroatoms. The van der Waals surface area contributed by atoms with E-state index in [1.54, 1.807) is 4.57 Å². The highest BCUT2D eigenvalue weighted by atomic mass is 16.6. The van der Waals surface area contributed by atoms with Crippen LogP contribution in [0, 0.1) is 10.1 Å². The monoisotopic (exact) mass is 358 g/mol. The number of non-ortho nitro benzene ring substituents is 1. The Morgan fingerprint density at radius 1 is 0.852 bits per heavy atom. The van der Waals surface area contributed by atoms with Gasteiger partial charge in [-0.3, -0.25) is 14.7 Å². The van der Waals surface area contributed by atoms with E-state index in [0.717, 1.165) is 16.6 Å². The highest BCUT2D eigenvalue weighted by molar-refractivity contribution is 5.96. The van der Waals surface area contributed by atoms with Crippen LogP contribution in [0.15, 0.2) is 89.1 Å². The largest absolute Gasteiger partial charge is 0.493 e. The van der Waals surface area contributed by atoms with Crippen LogP contribution in [0.5, 0.6) is 5.88 Å². The molecular formula is C20H14N4O3. The topological polar surface area (TPSA) is 93.0 Å². The normalized spacial score (nSPS) is 11.3. The summed E-state index contributed by atoms with van der Waals surface area (Å²) in [6.07, 6.45) is 0. The number of rotatable bonds is 4. The standard InChI is InChI=1S/C20H14N4O3/c25-20-19(22-21-14-10-12-16(13-11-14)24(26)27)17-8-4-5-9-18(17)23(20)15-6-2-1-3-7-15/h1-13,25H. The Kier molecular flexibility index (Phi) is 4.10. The van der Waals surface area contributed by atoms with Crippen molar-refractivity contribution < 1.29 is 10.0 Å². The van der Waals surface area contributed by atoms with Gasteiger partial charge in [0, 0.05) is 23.2 Å². The van der Waals surface area contributed by atoms with E-state index in [0.29, 0.717) is 11.4 Å². The molecule has 4 rings (SSSR count). The number of nitro groups is 1. The van der Waals surface area contributed by atoms with Crippen LogP contribution < -0.4 is 0 Å². The number of hydrogen-bond acceptors (Lipinski definition) is 5. The van der Waals surface area contributed by atoms with Gasteiger partial charge < -0.3 is 5.11 Å². The molecule has 0 aliphatic rings. The number of para-hydroxylation sites is 2. The minimum absolute atomic E-state index is 0.0162. The second-order valence-corrected chi connectivity index (χ2v) is 5.83. The number of hydrogen-bond donors (Lipinski definition) is 1. The number of benzene rings is 3. The molecule has 0 atom stereocenters. The van der Waals surface area contributed by atoms with Crippen LogP contribution >= 0.6 is 0 Å². The van der Waals surface area contributed by atoms with Crippen LogP contribution in [-0.4, -0.2) is 14.6 Å². The van der Waals surface area contributed by atoms with Gasteiger partial charge in [-0.1, -0.05) is 36.4 Å². The molecule has 0 amide bonds. The van der Waals surface area contributed by atoms with Crippen molar-refractivity contribution in [3.05, 3.63) is 89.0 Å². The summed E-state index contributed by atoms with van der Waals surface area (Å²) in [5, 5.41) is 30.6. The molecule has 1 heterocycles. The lowest BCUT2D eigenvalue weighted by Gasteiger charge is -2.06. The molecule has 132 valence electrons. The van der Waals surface area contributed by atoms with Crippen LogP contribution in [0.1, 0.15) is 0 Å². The molecule has 7 nitrogen and oxygen atoms in total. The summed E-state index contributed by atoms with van der Waals surface area (Å²) in [5.74, 6) is -0.0203. The molecule has 0 spiro atoms. The summed E-state index contributed by atoms with van der Waals surface area (Å²) >= 11 is 0. The molecule has 1 N–H and O–H groups in total. The number of fused-ring (bicyclic) bond motifs is 1. The zero-order valence-corrected chi connectivity index (χ0v) is 14.1. The third kappa shape index (κ3) is 3.02. The van der Waals surface area contributed by atoms with Crippen LogP contribution in [0.25, 0.3) is 16.6 Å². The van der Waals surface area contributed by atoms with E-state index in [4.69, 9.17) is 0 Å². The first kappa shape index (κ1) is 16.5. The number of nitro benzene ring substituents is 1. The molecule has 0 unspecified atom stereocenters. The maximum Gasteiger partial charge on any atom is 0.269 e. The third-order valence-electron chi connectivity index (χ3n) is 4.16. The van der Waals surface area contributed by atoms with Gasteiger partial charge in [0.2, 0.25) is 5.88 Å². The molecule has 27 heavy (non-hydrogen) atoms. The first-order valence-electron chi connectivity index (χ1n) is 8.19. The van der Waals surface area contributed by atoms with Gasteiger partial charge in [0.1, 0.15) is 0 Å². The third-order valence-corrected chi connectivity index (χ3v) is 4.16. The predicted octanol–water partition coefficient (Wildman–Crippen LogP) is 5.66. The van der Waals surface area contributed by atoms with E-state index in [1.807, 2.05) is 54.6 Å². The predicted molar refractivity (Wildman–Crippen MR) is 102 cm³/mol. The van der Waals surface area contributed by atoms with Crippen LogP contribution in [0.2, 0.25) is 0 Å². The lowest BCUT2D eigenvalue weighted by atomic mass is 10.2. The molecule has 0 radical (unpaired) electrons. The number of aromatic nitrogens is 1. The van der Waals surface area contributed by atoms with E-state index in [-0.39, 0.29) is 11.6 Å². The van der Waals surface area contributed by atoms with Crippen molar-refractivity contribution >= 4 is 28.0 Å². The highest BCUT2D eigenvalue weighted by Gasteiger charge is 2.17. The highest BCUT2D eigenvalue weighted by Crippen LogP contribution is 2.41. The van der Waals surface area contributed by atoms with Crippen molar-refractivity contribution in [2.24, 2.45) is 10.2 Å². The summed E-state index contributed by atoms with van der Waals surface area (Å²) in [4.78, 5) is 10.3. The SMILES string of the molecule is O=[N+]([O-])c1ccc(N=Nc2c(O)n(-c3ccccc3)c3ccccc23)cc1. The van der Waals surface area contributed by atoms with Crippen molar-refractivity contribution in [2.45, 2.75) is 0 Å². The quantitative estimate of drug-likeness (QED) is 0.290. The lowest BCUT2D eigenvalue weighted by molar-refractivity contribution is -0.384. The van der Waals surface area contributed by atoms with E-state index >= 15 is 0 Å². The fraction of sp³-hybridized carbons (Fsp3) is 0. The van der Waals surface area contributed by atoms with Crippen LogP contribution in [0.3, 0.4) is 0 Å². The van der Waals surface area contributed by atoms with Crippen molar-refractivity contribution in [2.75, 3.05) is 0 Å². The Morgan fingerprint density at radius 3 is 2.22 bits per heavy atom. The molecule has 3 aromatic carbocycles. The molecule has 0 bridgehead atoms. The molecular weight excluding hydrogens is 344 g/mol. The summed E-state index contributed by atoms with van der Waals surface area (Å²) in [7, 11) is 0. The van der Waals surface area contributed by atoms with E-state index in [1.165, 1.54) is 24.3 Å². The van der Waals surface area contributed by atoms with Gasteiger partial charge in [0.15, 0.2) is 5.69 Å². The smallest absolute Gasteiger partial charge is 0.269 e. The molecule has 4 aromatic rings.